The van der Waals surface area contributed by atoms with E-state index in [4.69, 9.17) is 0 Å². The fourth-order valence-corrected chi connectivity index (χ4v) is 2.53. The molecule has 2 unspecified atom stereocenters. The SMILES string of the molecule is O=C(N(CCN1CC(F)(F)C1)C1CNCC1F)C(F)(F)F. The van der Waals surface area contributed by atoms with Crippen LogP contribution < -0.4 is 5.32 Å². The van der Waals surface area contributed by atoms with Crippen LogP contribution in [0.5, 0.6) is 0 Å². The molecule has 0 aromatic rings. The Morgan fingerprint density at radius 3 is 2.33 bits per heavy atom. The quantitative estimate of drug-likeness (QED) is 0.773. The van der Waals surface area contributed by atoms with Crippen molar-refractivity contribution in [2.75, 3.05) is 39.3 Å². The minimum absolute atomic E-state index is 0.0842. The molecule has 0 aromatic heterocycles. The summed E-state index contributed by atoms with van der Waals surface area (Å²) in [7, 11) is 0. The summed E-state index contributed by atoms with van der Waals surface area (Å²) in [6.07, 6.45) is -6.71. The van der Waals surface area contributed by atoms with Crippen molar-refractivity contribution in [3.05, 3.63) is 0 Å². The molecule has 122 valence electrons. The van der Waals surface area contributed by atoms with E-state index in [1.165, 1.54) is 4.90 Å². The first-order chi connectivity index (χ1) is 9.60. The van der Waals surface area contributed by atoms with Gasteiger partial charge in [-0.05, 0) is 0 Å². The summed E-state index contributed by atoms with van der Waals surface area (Å²) >= 11 is 0. The van der Waals surface area contributed by atoms with Crippen LogP contribution in [-0.4, -0.2) is 79.3 Å². The van der Waals surface area contributed by atoms with E-state index in [0.29, 0.717) is 4.90 Å². The largest absolute Gasteiger partial charge is 0.471 e. The highest BCUT2D eigenvalue weighted by atomic mass is 19.4. The Kier molecular flexibility index (Phi) is 4.39. The molecule has 0 bridgehead atoms. The molecular formula is C11H15F6N3O. The third-order valence-corrected chi connectivity index (χ3v) is 3.58. The van der Waals surface area contributed by atoms with Gasteiger partial charge >= 0.3 is 12.1 Å². The fourth-order valence-electron chi connectivity index (χ4n) is 2.53. The number of hydrogen-bond donors (Lipinski definition) is 1. The molecule has 2 aliphatic heterocycles. The second-order valence-electron chi connectivity index (χ2n) is 5.30. The van der Waals surface area contributed by atoms with Crippen LogP contribution in [0.4, 0.5) is 26.3 Å². The lowest BCUT2D eigenvalue weighted by molar-refractivity contribution is -0.189. The summed E-state index contributed by atoms with van der Waals surface area (Å²) in [4.78, 5) is 13.0. The zero-order valence-corrected chi connectivity index (χ0v) is 11.0. The number of halogens is 6. The number of likely N-dealkylation sites (tertiary alicyclic amines) is 1. The standard InChI is InChI=1S/C11H15F6N3O/c12-7-3-18-4-8(7)20(9(21)11(15,16)17)2-1-19-5-10(13,14)6-19/h7-8,18H,1-6H2. The Morgan fingerprint density at radius 2 is 1.90 bits per heavy atom. The monoisotopic (exact) mass is 319 g/mol. The number of amides is 1. The normalized spacial score (nSPS) is 29.2. The van der Waals surface area contributed by atoms with Gasteiger partial charge in [-0.2, -0.15) is 13.2 Å². The van der Waals surface area contributed by atoms with Crippen LogP contribution in [0.25, 0.3) is 0 Å². The predicted molar refractivity (Wildman–Crippen MR) is 60.7 cm³/mol. The Morgan fingerprint density at radius 1 is 1.29 bits per heavy atom. The van der Waals surface area contributed by atoms with Crippen LogP contribution in [0.2, 0.25) is 0 Å². The van der Waals surface area contributed by atoms with E-state index in [1.54, 1.807) is 0 Å². The van der Waals surface area contributed by atoms with Gasteiger partial charge in [0.2, 0.25) is 0 Å². The maximum Gasteiger partial charge on any atom is 0.471 e. The number of rotatable bonds is 4. The fraction of sp³-hybridized carbons (Fsp3) is 0.909. The molecule has 2 saturated heterocycles. The van der Waals surface area contributed by atoms with Crippen LogP contribution in [0.3, 0.4) is 0 Å². The minimum Gasteiger partial charge on any atom is -0.326 e. The highest BCUT2D eigenvalue weighted by molar-refractivity contribution is 5.82. The van der Waals surface area contributed by atoms with Gasteiger partial charge in [0.15, 0.2) is 0 Å². The Hall–Kier alpha value is -1.03. The van der Waals surface area contributed by atoms with Gasteiger partial charge in [-0.15, -0.1) is 0 Å². The van der Waals surface area contributed by atoms with Crippen molar-refractivity contribution in [1.29, 1.82) is 0 Å². The summed E-state index contributed by atoms with van der Waals surface area (Å²) in [6.45, 7) is -1.89. The molecule has 0 radical (unpaired) electrons. The number of nitrogens with one attached hydrogen (secondary N) is 1. The lowest BCUT2D eigenvalue weighted by Crippen LogP contribution is -2.59. The average molecular weight is 319 g/mol. The van der Waals surface area contributed by atoms with Crippen LogP contribution >= 0.6 is 0 Å². The maximum atomic E-state index is 13.6. The van der Waals surface area contributed by atoms with E-state index in [-0.39, 0.29) is 19.6 Å². The second-order valence-corrected chi connectivity index (χ2v) is 5.30. The van der Waals surface area contributed by atoms with E-state index in [1.807, 2.05) is 0 Å². The van der Waals surface area contributed by atoms with E-state index in [9.17, 15) is 31.1 Å². The molecule has 0 aromatic carbocycles. The smallest absolute Gasteiger partial charge is 0.326 e. The maximum absolute atomic E-state index is 13.6. The van der Waals surface area contributed by atoms with E-state index in [2.05, 4.69) is 5.32 Å². The number of carbonyl (C=O) groups is 1. The Bertz CT molecular complexity index is 394. The van der Waals surface area contributed by atoms with Crippen LogP contribution in [0, 0.1) is 0 Å². The van der Waals surface area contributed by atoms with E-state index >= 15 is 0 Å². The highest BCUT2D eigenvalue weighted by Gasteiger charge is 2.48. The van der Waals surface area contributed by atoms with Crippen LogP contribution in [0.1, 0.15) is 0 Å². The molecule has 2 heterocycles. The summed E-state index contributed by atoms with van der Waals surface area (Å²) in [5, 5.41) is 2.57. The molecular weight excluding hydrogens is 304 g/mol. The molecule has 2 rings (SSSR count). The van der Waals surface area contributed by atoms with Crippen molar-refractivity contribution < 1.29 is 31.1 Å². The van der Waals surface area contributed by atoms with Crippen molar-refractivity contribution in [2.24, 2.45) is 0 Å². The molecule has 2 fully saturated rings. The third-order valence-electron chi connectivity index (χ3n) is 3.58. The summed E-state index contributed by atoms with van der Waals surface area (Å²) in [6, 6.07) is -1.22. The second kappa shape index (κ2) is 5.64. The lowest BCUT2D eigenvalue weighted by Gasteiger charge is -2.40. The van der Waals surface area contributed by atoms with Gasteiger partial charge in [-0.1, -0.05) is 0 Å². The van der Waals surface area contributed by atoms with Gasteiger partial charge in [0, 0.05) is 26.2 Å². The van der Waals surface area contributed by atoms with Crippen molar-refractivity contribution in [2.45, 2.75) is 24.3 Å². The minimum atomic E-state index is -5.11. The van der Waals surface area contributed by atoms with Gasteiger partial charge in [0.05, 0.1) is 19.1 Å². The Balaban J connectivity index is 1.97. The van der Waals surface area contributed by atoms with Crippen molar-refractivity contribution in [3.8, 4) is 0 Å². The zero-order chi connectivity index (χ0) is 15.8. The summed E-state index contributed by atoms with van der Waals surface area (Å²) < 4.78 is 76.5. The molecule has 1 N–H and O–H groups in total. The first kappa shape index (κ1) is 16.3. The van der Waals surface area contributed by atoms with Gasteiger partial charge in [-0.3, -0.25) is 9.69 Å². The van der Waals surface area contributed by atoms with Crippen LogP contribution in [-0.2, 0) is 4.79 Å². The van der Waals surface area contributed by atoms with Crippen molar-refractivity contribution in [1.82, 2.24) is 15.1 Å². The molecule has 2 atom stereocenters. The average Bonchev–Trinajstić information content (AvgIpc) is 2.72. The first-order valence-electron chi connectivity index (χ1n) is 6.43. The number of carbonyl (C=O) groups excluding carboxylic acids is 1. The van der Waals surface area contributed by atoms with E-state index < -0.39 is 49.9 Å². The first-order valence-corrected chi connectivity index (χ1v) is 6.43. The molecule has 0 aliphatic carbocycles. The molecule has 0 spiro atoms. The predicted octanol–water partition coefficient (Wildman–Crippen LogP) is 0.638. The number of alkyl halides is 6. The van der Waals surface area contributed by atoms with Crippen LogP contribution in [0.15, 0.2) is 0 Å². The highest BCUT2D eigenvalue weighted by Crippen LogP contribution is 2.27. The third kappa shape index (κ3) is 3.79. The van der Waals surface area contributed by atoms with Gasteiger partial charge in [0.25, 0.3) is 5.92 Å². The van der Waals surface area contributed by atoms with Gasteiger partial charge in [0.1, 0.15) is 6.17 Å². The Labute approximate surface area is 117 Å². The summed E-state index contributed by atoms with van der Waals surface area (Å²) in [5.41, 5.74) is 0. The molecule has 4 nitrogen and oxygen atoms in total. The molecule has 0 saturated carbocycles. The van der Waals surface area contributed by atoms with Crippen molar-refractivity contribution >= 4 is 5.91 Å². The number of nitrogens with zero attached hydrogens (tertiary/aromatic N) is 2. The molecule has 1 amide bonds. The zero-order valence-electron chi connectivity index (χ0n) is 11.0. The molecule has 21 heavy (non-hydrogen) atoms. The lowest BCUT2D eigenvalue weighted by atomic mass is 10.1. The van der Waals surface area contributed by atoms with E-state index in [0.717, 1.165) is 0 Å². The summed E-state index contributed by atoms with van der Waals surface area (Å²) in [5.74, 6) is -4.97. The van der Waals surface area contributed by atoms with Gasteiger partial charge in [-0.25, -0.2) is 13.2 Å². The van der Waals surface area contributed by atoms with Crippen molar-refractivity contribution in [3.63, 3.8) is 0 Å². The number of hydrogen-bond acceptors (Lipinski definition) is 3. The topological polar surface area (TPSA) is 35.6 Å². The molecule has 10 heteroatoms. The van der Waals surface area contributed by atoms with Gasteiger partial charge < -0.3 is 10.2 Å². The molecule has 2 aliphatic rings.